The molecular weight excluding hydrogens is 477 g/mol. The summed E-state index contributed by atoms with van der Waals surface area (Å²) in [4.78, 5) is 25.1. The van der Waals surface area contributed by atoms with Crippen LogP contribution in [0.25, 0.3) is 22.2 Å². The molecule has 36 heavy (non-hydrogen) atoms. The Morgan fingerprint density at radius 1 is 1.25 bits per heavy atom. The number of nitrogens with zero attached hydrogens (tertiary/aromatic N) is 3. The van der Waals surface area contributed by atoms with Crippen LogP contribution in [-0.4, -0.2) is 39.4 Å². The summed E-state index contributed by atoms with van der Waals surface area (Å²) in [5.74, 6) is -0.870. The second-order valence-electron chi connectivity index (χ2n) is 8.55. The molecule has 2 heterocycles. The number of rotatable bonds is 7. The molecule has 0 aliphatic heterocycles. The van der Waals surface area contributed by atoms with Crippen molar-refractivity contribution in [2.75, 3.05) is 12.8 Å². The van der Waals surface area contributed by atoms with Crippen LogP contribution >= 0.6 is 0 Å². The van der Waals surface area contributed by atoms with Crippen molar-refractivity contribution in [3.05, 3.63) is 69.8 Å². The van der Waals surface area contributed by atoms with Crippen LogP contribution in [0.2, 0.25) is 0 Å². The Morgan fingerprint density at radius 2 is 1.97 bits per heavy atom. The fourth-order valence-electron chi connectivity index (χ4n) is 4.18. The van der Waals surface area contributed by atoms with E-state index in [4.69, 9.17) is 10.5 Å². The summed E-state index contributed by atoms with van der Waals surface area (Å²) in [5.41, 5.74) is 5.33. The van der Waals surface area contributed by atoms with Crippen molar-refractivity contribution in [2.45, 2.75) is 31.4 Å². The van der Waals surface area contributed by atoms with Gasteiger partial charge in [0.25, 0.3) is 17.9 Å². The average Bonchev–Trinajstić information content (AvgIpc) is 3.59. The van der Waals surface area contributed by atoms with E-state index in [0.717, 1.165) is 10.7 Å². The lowest BCUT2D eigenvalue weighted by molar-refractivity contribution is 0.0628. The molecule has 1 aliphatic rings. The maximum Gasteiger partial charge on any atom is 0.290 e. The fourth-order valence-corrected chi connectivity index (χ4v) is 4.18. The van der Waals surface area contributed by atoms with Crippen molar-refractivity contribution in [1.29, 1.82) is 0 Å². The van der Waals surface area contributed by atoms with Gasteiger partial charge in [-0.1, -0.05) is 24.3 Å². The molecule has 1 aliphatic carbocycles. The molecule has 0 bridgehead atoms. The van der Waals surface area contributed by atoms with Gasteiger partial charge in [-0.15, -0.1) is 0 Å². The number of anilines is 1. The molecule has 0 saturated heterocycles. The number of fused-ring (bicyclic) bond motifs is 1. The van der Waals surface area contributed by atoms with Crippen LogP contribution in [0.3, 0.4) is 0 Å². The Hall–Kier alpha value is -4.35. The van der Waals surface area contributed by atoms with E-state index >= 15 is 0 Å². The van der Waals surface area contributed by atoms with Crippen molar-refractivity contribution in [1.82, 2.24) is 25.3 Å². The van der Waals surface area contributed by atoms with E-state index in [1.165, 1.54) is 19.2 Å². The van der Waals surface area contributed by atoms with Gasteiger partial charge < -0.3 is 15.8 Å². The van der Waals surface area contributed by atoms with Gasteiger partial charge in [0.2, 0.25) is 0 Å². The molecule has 0 spiro atoms. The highest BCUT2D eigenvalue weighted by atomic mass is 19.3. The third-order valence-corrected chi connectivity index (χ3v) is 6.31. The number of nitrogens with two attached hydrogens (primary N) is 1. The quantitative estimate of drug-likeness (QED) is 0.359. The number of carbonyl (C=O) groups excluding carboxylic acids is 1. The van der Waals surface area contributed by atoms with Gasteiger partial charge in [-0.2, -0.15) is 10.2 Å². The smallest absolute Gasteiger partial charge is 0.290 e. The predicted octanol–water partition coefficient (Wildman–Crippen LogP) is 3.20. The Kier molecular flexibility index (Phi) is 5.65. The van der Waals surface area contributed by atoms with E-state index < -0.39 is 29.2 Å². The third-order valence-electron chi connectivity index (χ3n) is 6.31. The molecule has 1 fully saturated rings. The number of benzene rings is 2. The number of methoxy groups -OCH3 is 1. The lowest BCUT2D eigenvalue weighted by atomic mass is 10.1. The van der Waals surface area contributed by atoms with Crippen molar-refractivity contribution in [3.8, 4) is 17.0 Å². The first-order valence-corrected chi connectivity index (χ1v) is 11.0. The number of hydrogen-bond acceptors (Lipinski definition) is 6. The third kappa shape index (κ3) is 3.84. The van der Waals surface area contributed by atoms with Crippen LogP contribution in [0, 0.1) is 5.82 Å². The second kappa shape index (κ2) is 8.70. The topological polar surface area (TPSA) is 128 Å². The van der Waals surface area contributed by atoms with Gasteiger partial charge in [-0.3, -0.25) is 9.59 Å². The SMILES string of the molecule is COc1ccc(F)cc1C(=O)NCc1ccc(-c2nn(C3(C(F)F)CC3)c3c(=O)[nH]nc(N)c23)cc1. The van der Waals surface area contributed by atoms with E-state index in [-0.39, 0.29) is 53.1 Å². The van der Waals surface area contributed by atoms with E-state index in [1.807, 2.05) is 0 Å². The molecule has 2 aromatic heterocycles. The van der Waals surface area contributed by atoms with Crippen LogP contribution < -0.4 is 21.3 Å². The molecule has 186 valence electrons. The van der Waals surface area contributed by atoms with Gasteiger partial charge >= 0.3 is 0 Å². The van der Waals surface area contributed by atoms with Crippen LogP contribution in [0.5, 0.6) is 5.75 Å². The summed E-state index contributed by atoms with van der Waals surface area (Å²) < 4.78 is 47.5. The minimum atomic E-state index is -2.70. The van der Waals surface area contributed by atoms with Gasteiger partial charge in [0.05, 0.1) is 18.1 Å². The van der Waals surface area contributed by atoms with Crippen molar-refractivity contribution < 1.29 is 22.7 Å². The first kappa shape index (κ1) is 23.4. The second-order valence-corrected chi connectivity index (χ2v) is 8.55. The summed E-state index contributed by atoms with van der Waals surface area (Å²) >= 11 is 0. The minimum Gasteiger partial charge on any atom is -0.496 e. The molecule has 1 saturated carbocycles. The molecule has 1 amide bonds. The molecule has 0 unspecified atom stereocenters. The molecule has 4 N–H and O–H groups in total. The lowest BCUT2D eigenvalue weighted by Gasteiger charge is -2.15. The first-order chi connectivity index (χ1) is 17.2. The highest BCUT2D eigenvalue weighted by molar-refractivity contribution is 6.00. The van der Waals surface area contributed by atoms with E-state index in [9.17, 15) is 22.8 Å². The predicted molar refractivity (Wildman–Crippen MR) is 125 cm³/mol. The summed E-state index contributed by atoms with van der Waals surface area (Å²) in [5, 5.41) is 13.3. The number of ether oxygens (including phenoxy) is 1. The zero-order valence-corrected chi connectivity index (χ0v) is 19.0. The number of aromatic nitrogens is 4. The van der Waals surface area contributed by atoms with Gasteiger partial charge in [-0.05, 0) is 36.6 Å². The van der Waals surface area contributed by atoms with Crippen molar-refractivity contribution in [3.63, 3.8) is 0 Å². The number of halogens is 3. The van der Waals surface area contributed by atoms with Gasteiger partial charge in [-0.25, -0.2) is 23.0 Å². The van der Waals surface area contributed by atoms with Gasteiger partial charge in [0.1, 0.15) is 28.3 Å². The normalized spacial score (nSPS) is 14.2. The maximum atomic E-state index is 13.8. The number of hydrogen-bond donors (Lipinski definition) is 3. The number of aromatic amines is 1. The minimum absolute atomic E-state index is 0.0312. The summed E-state index contributed by atoms with van der Waals surface area (Å²) in [6.45, 7) is 0.131. The Balaban J connectivity index is 1.44. The zero-order valence-electron chi connectivity index (χ0n) is 19.0. The molecule has 5 rings (SSSR count). The van der Waals surface area contributed by atoms with Gasteiger partial charge in [0.15, 0.2) is 5.82 Å². The highest BCUT2D eigenvalue weighted by Gasteiger charge is 2.55. The van der Waals surface area contributed by atoms with Crippen molar-refractivity contribution >= 4 is 22.6 Å². The summed E-state index contributed by atoms with van der Waals surface area (Å²) in [6, 6.07) is 10.4. The Labute approximate surface area is 202 Å². The zero-order chi connectivity index (χ0) is 25.6. The monoisotopic (exact) mass is 498 g/mol. The fraction of sp³-hybridized carbons (Fsp3) is 0.250. The maximum absolute atomic E-state index is 13.8. The number of nitrogens with one attached hydrogen (secondary N) is 2. The number of nitrogen functional groups attached to an aromatic ring is 1. The lowest BCUT2D eigenvalue weighted by Crippen LogP contribution is -2.29. The highest BCUT2D eigenvalue weighted by Crippen LogP contribution is 2.50. The standard InChI is InChI=1S/C24H21F3N6O3/c1-36-16-7-6-14(25)10-15(16)21(34)29-11-12-2-4-13(5-3-12)18-17-19(22(35)31-30-20(17)28)33(32-18)24(8-9-24)23(26)27/h2-7,10,23H,8-9,11H2,1H3,(H2,28,30)(H,29,34)(H,31,35). The van der Waals surface area contributed by atoms with Crippen LogP contribution in [0.15, 0.2) is 47.3 Å². The van der Waals surface area contributed by atoms with E-state index in [2.05, 4.69) is 20.6 Å². The number of carbonyl (C=O) groups is 1. The number of amides is 1. The van der Waals surface area contributed by atoms with Crippen molar-refractivity contribution in [2.24, 2.45) is 0 Å². The molecule has 12 heteroatoms. The van der Waals surface area contributed by atoms with Crippen LogP contribution in [0.1, 0.15) is 28.8 Å². The molecule has 9 nitrogen and oxygen atoms in total. The number of alkyl halides is 2. The largest absolute Gasteiger partial charge is 0.496 e. The molecular formula is C24H21F3N6O3. The molecule has 4 aromatic rings. The Bertz CT molecular complexity index is 1530. The molecule has 0 radical (unpaired) electrons. The Morgan fingerprint density at radius 3 is 2.61 bits per heavy atom. The summed E-state index contributed by atoms with van der Waals surface area (Å²) in [6.07, 6.45) is -2.32. The average molecular weight is 498 g/mol. The number of H-pyrrole nitrogens is 1. The van der Waals surface area contributed by atoms with E-state index in [0.29, 0.717) is 11.1 Å². The van der Waals surface area contributed by atoms with Gasteiger partial charge in [0, 0.05) is 12.1 Å². The molecule has 0 atom stereocenters. The molecule has 2 aromatic carbocycles. The van der Waals surface area contributed by atoms with E-state index in [1.54, 1.807) is 24.3 Å². The van der Waals surface area contributed by atoms with Crippen LogP contribution in [0.4, 0.5) is 19.0 Å². The summed E-state index contributed by atoms with van der Waals surface area (Å²) in [7, 11) is 1.39. The first-order valence-electron chi connectivity index (χ1n) is 11.0. The van der Waals surface area contributed by atoms with Crippen LogP contribution in [-0.2, 0) is 12.1 Å².